The van der Waals surface area contributed by atoms with E-state index in [1.807, 2.05) is 13.8 Å². The Morgan fingerprint density at radius 1 is 0.463 bits per heavy atom. The Balaban J connectivity index is 0.000000163. The van der Waals surface area contributed by atoms with Crippen molar-refractivity contribution in [1.82, 2.24) is 19.6 Å². The third-order valence-corrected chi connectivity index (χ3v) is 21.6. The number of likely N-dealkylation sites (tertiary alicyclic amines) is 4. The average molecular weight is 1110 g/mol. The van der Waals surface area contributed by atoms with Crippen molar-refractivity contribution >= 4 is 0 Å². The Morgan fingerprint density at radius 2 is 0.805 bits per heavy atom. The quantitative estimate of drug-likeness (QED) is 0.0952. The highest BCUT2D eigenvalue weighted by atomic mass is 16.6. The molecule has 0 spiro atoms. The lowest BCUT2D eigenvalue weighted by Crippen LogP contribution is -2.48. The summed E-state index contributed by atoms with van der Waals surface area (Å²) in [6, 6.07) is 12.7. The summed E-state index contributed by atoms with van der Waals surface area (Å²) in [4.78, 5) is 9.78. The lowest BCUT2D eigenvalue weighted by atomic mass is 9.48. The molecule has 0 aromatic heterocycles. The topological polar surface area (TPSA) is 178 Å². The van der Waals surface area contributed by atoms with E-state index in [0.29, 0.717) is 47.2 Å². The minimum absolute atomic E-state index is 0.00938. The molecule has 14 nitrogen and oxygen atoms in total. The lowest BCUT2D eigenvalue weighted by molar-refractivity contribution is 0.274. The Morgan fingerprint density at radius 3 is 1.20 bits per heavy atom. The molecule has 4 N–H and O–H groups in total. The van der Waals surface area contributed by atoms with Crippen molar-refractivity contribution in [1.29, 1.82) is 10.5 Å². The summed E-state index contributed by atoms with van der Waals surface area (Å²) in [5.41, 5.74) is 14.5. The number of hydrogen-bond donors (Lipinski definition) is 4. The first kappa shape index (κ1) is 54.6. The van der Waals surface area contributed by atoms with Crippen LogP contribution >= 0.6 is 0 Å². The number of fused-ring (bicyclic) bond motifs is 4. The van der Waals surface area contributed by atoms with Crippen molar-refractivity contribution in [3.05, 3.63) is 113 Å². The highest BCUT2D eigenvalue weighted by Gasteiger charge is 2.57. The maximum absolute atomic E-state index is 11.1. The van der Waals surface area contributed by atoms with Crippen LogP contribution in [-0.4, -0.2) is 107 Å². The molecule has 14 heteroatoms. The maximum Gasteiger partial charge on any atom is 0.189 e. The Labute approximate surface area is 483 Å². The van der Waals surface area contributed by atoms with Crippen molar-refractivity contribution < 1.29 is 39.4 Å². The van der Waals surface area contributed by atoms with Crippen LogP contribution < -0.4 is 18.9 Å². The molecule has 6 aliphatic carbocycles. The number of phenols is 4. The van der Waals surface area contributed by atoms with Gasteiger partial charge in [-0.1, -0.05) is 27.7 Å². The Kier molecular flexibility index (Phi) is 13.3. The molecule has 5 aromatic rings. The van der Waals surface area contributed by atoms with Gasteiger partial charge in [0.25, 0.3) is 0 Å². The predicted molar refractivity (Wildman–Crippen MR) is 313 cm³/mol. The van der Waals surface area contributed by atoms with Crippen molar-refractivity contribution in [2.24, 2.45) is 0 Å². The van der Waals surface area contributed by atoms with Gasteiger partial charge in [-0.25, -0.2) is 0 Å². The van der Waals surface area contributed by atoms with Gasteiger partial charge in [-0.05, 0) is 223 Å². The van der Waals surface area contributed by atoms with E-state index in [-0.39, 0.29) is 33.8 Å². The number of benzene rings is 5. The summed E-state index contributed by atoms with van der Waals surface area (Å²) in [5, 5.41) is 64.3. The first-order valence-electron chi connectivity index (χ1n) is 30.3. The molecule has 4 atom stereocenters. The number of phenolic OH excluding ortho intramolecular Hbond substituents is 4. The number of nitrogens with zero attached hydrogens (tertiary/aromatic N) is 6. The van der Waals surface area contributed by atoms with Gasteiger partial charge in [-0.2, -0.15) is 10.5 Å². The summed E-state index contributed by atoms with van der Waals surface area (Å²) in [6.07, 6.45) is 13.2. The minimum Gasteiger partial charge on any atom is -0.504 e. The fraction of sp³-hybridized carbons (Fsp3) is 0.529. The minimum atomic E-state index is -0.409. The predicted octanol–water partition coefficient (Wildman–Crippen LogP) is 12.3. The fourth-order valence-corrected chi connectivity index (χ4v) is 17.1. The normalized spacial score (nSPS) is 25.6. The van der Waals surface area contributed by atoms with Gasteiger partial charge >= 0.3 is 0 Å². The molecule has 0 amide bonds. The SMILES string of the molecule is CC12CCC(C)(c3cc(O)c(O)c(CN4CCCC4)c31)c1c2cc(O)c(O)c1CN1CCCC1.COc1cc2c(c(CN3CCCC3)c1OC)C1(C)CCC2(C)c2c1cc1c(c2CN2CCCC2)Oc2c(C#N)c(C)c(C)c(C#N)c2O1. The van der Waals surface area contributed by atoms with Crippen molar-refractivity contribution in [2.75, 3.05) is 66.6 Å². The van der Waals surface area contributed by atoms with E-state index < -0.39 is 10.8 Å². The molecule has 4 unspecified atom stereocenters. The van der Waals surface area contributed by atoms with Crippen LogP contribution in [0.4, 0.5) is 0 Å². The second-order valence-corrected chi connectivity index (χ2v) is 26.3. The molecule has 430 valence electrons. The van der Waals surface area contributed by atoms with Crippen molar-refractivity contribution in [3.63, 3.8) is 0 Å². The number of nitriles is 2. The molecule has 4 saturated heterocycles. The van der Waals surface area contributed by atoms with E-state index in [0.717, 1.165) is 178 Å². The molecule has 4 fully saturated rings. The third kappa shape index (κ3) is 7.97. The Bertz CT molecular complexity index is 3480. The smallest absolute Gasteiger partial charge is 0.189 e. The van der Waals surface area contributed by atoms with Crippen LogP contribution in [0.1, 0.15) is 194 Å². The molecule has 5 heterocycles. The van der Waals surface area contributed by atoms with E-state index in [1.54, 1.807) is 26.4 Å². The average Bonchev–Trinajstić information content (AvgIpc) is 3.27. The molecule has 0 saturated carbocycles. The standard InChI is InChI=1S/C40H44N4O4.C28H36N2O4/c1-23-24(2)26(20-42)38-37(25(23)19-41)47-32-18-30-34(28(36(32)48-38)22-44-15-9-10-16-44)39(3)11-12-40(30,4)33-27(21-43-13-7-8-14-43)35(46-6)31(45-5)17-29(33)39;1-27-7-8-28(2,20-14-22(32)25(33)17(23(20)27)15-29-9-3-4-10-29)24-18(16-30-11-5-6-12-30)26(34)21(31)13-19(24)27/h17-18H,7-16,21-22H2,1-6H3;13-14,31-34H,3-12,15-16H2,1-2H3. The first-order chi connectivity index (χ1) is 39.4. The van der Waals surface area contributed by atoms with Crippen LogP contribution in [0.2, 0.25) is 0 Å². The summed E-state index contributed by atoms with van der Waals surface area (Å²) in [6.45, 7) is 24.0. The van der Waals surface area contributed by atoms with E-state index >= 15 is 0 Å². The van der Waals surface area contributed by atoms with Gasteiger partial charge in [-0.15, -0.1) is 0 Å². The molecular formula is C68H80N6O8. The molecule has 5 aliphatic heterocycles. The van der Waals surface area contributed by atoms with Crippen LogP contribution in [-0.2, 0) is 47.8 Å². The molecule has 4 bridgehead atoms. The molecule has 5 aromatic carbocycles. The molecule has 82 heavy (non-hydrogen) atoms. The second kappa shape index (κ2) is 20.0. The number of methoxy groups -OCH3 is 2. The largest absolute Gasteiger partial charge is 0.504 e. The van der Waals surface area contributed by atoms with Crippen LogP contribution in [0.3, 0.4) is 0 Å². The fourth-order valence-electron chi connectivity index (χ4n) is 17.1. The van der Waals surface area contributed by atoms with Gasteiger partial charge < -0.3 is 39.4 Å². The first-order valence-corrected chi connectivity index (χ1v) is 30.3. The zero-order chi connectivity index (χ0) is 57.4. The van der Waals surface area contributed by atoms with Crippen molar-refractivity contribution in [3.8, 4) is 69.6 Å². The van der Waals surface area contributed by atoms with Gasteiger partial charge in [0.2, 0.25) is 0 Å². The summed E-state index contributed by atoms with van der Waals surface area (Å²) in [7, 11) is 3.50. The Hall–Kier alpha value is -6.68. The molecule has 11 aliphatic rings. The number of aromatic hydroxyl groups is 4. The lowest BCUT2D eigenvalue weighted by Gasteiger charge is -2.55. The van der Waals surface area contributed by atoms with Gasteiger partial charge in [0.15, 0.2) is 57.5 Å². The van der Waals surface area contributed by atoms with E-state index in [2.05, 4.69) is 71.6 Å². The second-order valence-electron chi connectivity index (χ2n) is 26.3. The van der Waals surface area contributed by atoms with Crippen LogP contribution in [0.15, 0.2) is 24.3 Å². The van der Waals surface area contributed by atoms with Gasteiger partial charge in [0, 0.05) is 70.1 Å². The highest BCUT2D eigenvalue weighted by Crippen LogP contribution is 2.67. The highest BCUT2D eigenvalue weighted by molar-refractivity contribution is 5.77. The van der Waals surface area contributed by atoms with Crippen LogP contribution in [0, 0.1) is 36.5 Å². The number of rotatable bonds is 10. The monoisotopic (exact) mass is 1110 g/mol. The van der Waals surface area contributed by atoms with E-state index in [9.17, 15) is 30.9 Å². The summed E-state index contributed by atoms with van der Waals surface area (Å²) < 4.78 is 25.9. The zero-order valence-electron chi connectivity index (χ0n) is 49.4. The molecular weight excluding hydrogens is 1030 g/mol. The zero-order valence-corrected chi connectivity index (χ0v) is 49.4. The van der Waals surface area contributed by atoms with Crippen LogP contribution in [0.5, 0.6) is 57.5 Å². The van der Waals surface area contributed by atoms with E-state index in [1.165, 1.54) is 53.5 Å². The van der Waals surface area contributed by atoms with Gasteiger partial charge in [-0.3, -0.25) is 19.6 Å². The third-order valence-electron chi connectivity index (χ3n) is 21.6. The molecule has 16 rings (SSSR count). The van der Waals surface area contributed by atoms with E-state index in [4.69, 9.17) is 18.9 Å². The van der Waals surface area contributed by atoms with Gasteiger partial charge in [0.05, 0.1) is 14.2 Å². The molecule has 0 radical (unpaired) electrons. The number of hydrogen-bond acceptors (Lipinski definition) is 14. The summed E-state index contributed by atoms with van der Waals surface area (Å²) in [5.74, 6) is 3.47. The van der Waals surface area contributed by atoms with Crippen molar-refractivity contribution in [2.45, 2.75) is 166 Å². The maximum atomic E-state index is 11.1. The number of ether oxygens (including phenoxy) is 4. The van der Waals surface area contributed by atoms with Crippen LogP contribution in [0.25, 0.3) is 0 Å². The van der Waals surface area contributed by atoms with Gasteiger partial charge in [0.1, 0.15) is 23.3 Å². The summed E-state index contributed by atoms with van der Waals surface area (Å²) >= 11 is 0.